The number of fused-ring (bicyclic) bond motifs is 4. The molecule has 11 heteroatoms. The van der Waals surface area contributed by atoms with Crippen molar-refractivity contribution in [2.24, 2.45) is 5.92 Å². The van der Waals surface area contributed by atoms with Gasteiger partial charge in [-0.15, -0.1) is 4.99 Å². The third-order valence-corrected chi connectivity index (χ3v) is 6.67. The molecule has 4 bridgehead atoms. The second kappa shape index (κ2) is 12.4. The second-order valence-corrected chi connectivity index (χ2v) is 9.39. The second-order valence-electron chi connectivity index (χ2n) is 9.39. The fourth-order valence-electron chi connectivity index (χ4n) is 4.83. The van der Waals surface area contributed by atoms with Crippen LogP contribution in [-0.4, -0.2) is 66.5 Å². The van der Waals surface area contributed by atoms with Crippen LogP contribution in [0.15, 0.2) is 58.2 Å². The van der Waals surface area contributed by atoms with Gasteiger partial charge in [0.05, 0.1) is 48.5 Å². The number of carbonyl (C=O) groups is 3. The number of carbonyl (C=O) groups excluding carboxylic acids is 3. The molecular weight excluding hydrogens is 484 g/mol. The van der Waals surface area contributed by atoms with Gasteiger partial charge < -0.3 is 24.6 Å². The van der Waals surface area contributed by atoms with E-state index in [1.807, 2.05) is 19.9 Å². The molecule has 202 valence electrons. The molecule has 4 N–H and O–H groups in total. The lowest BCUT2D eigenvalue weighted by atomic mass is 9.91. The molecular formula is C26H34N2O9. The molecule has 2 heterocycles. The van der Waals surface area contributed by atoms with Crippen molar-refractivity contribution in [3.8, 4) is 0 Å². The third kappa shape index (κ3) is 6.62. The van der Waals surface area contributed by atoms with Crippen molar-refractivity contribution in [2.75, 3.05) is 14.2 Å². The minimum absolute atomic E-state index is 0.0219. The van der Waals surface area contributed by atoms with Crippen molar-refractivity contribution in [3.63, 3.8) is 0 Å². The zero-order chi connectivity index (χ0) is 27.3. The number of aliphatic hydroxyl groups excluding tert-OH is 1. The van der Waals surface area contributed by atoms with Crippen LogP contribution in [0.3, 0.4) is 0 Å². The van der Waals surface area contributed by atoms with Gasteiger partial charge in [0.2, 0.25) is 11.6 Å². The summed E-state index contributed by atoms with van der Waals surface area (Å²) in [6.45, 7) is 5.30. The minimum Gasteiger partial charge on any atom is -0.492 e. The number of ether oxygens (including phenoxy) is 3. The molecule has 0 saturated carbocycles. The predicted molar refractivity (Wildman–Crippen MR) is 131 cm³/mol. The monoisotopic (exact) mass is 518 g/mol. The Labute approximate surface area is 215 Å². The van der Waals surface area contributed by atoms with Crippen molar-refractivity contribution in [1.82, 2.24) is 10.8 Å². The van der Waals surface area contributed by atoms with Crippen LogP contribution in [0, 0.1) is 5.92 Å². The fraction of sp³-hybridized carbons (Fsp3) is 0.500. The minimum atomic E-state index is -0.899. The lowest BCUT2D eigenvalue weighted by molar-refractivity contribution is -0.282. The maximum atomic E-state index is 13.4. The quantitative estimate of drug-likeness (QED) is 0.187. The van der Waals surface area contributed by atoms with Crippen molar-refractivity contribution in [2.45, 2.75) is 64.4 Å². The van der Waals surface area contributed by atoms with Gasteiger partial charge in [-0.2, -0.15) is 0 Å². The van der Waals surface area contributed by atoms with Gasteiger partial charge in [-0.05, 0) is 26.3 Å². The molecule has 3 rings (SSSR count). The number of hydroxylamine groups is 1. The van der Waals surface area contributed by atoms with Crippen molar-refractivity contribution in [1.29, 1.82) is 0 Å². The first-order chi connectivity index (χ1) is 17.6. The predicted octanol–water partition coefficient (Wildman–Crippen LogP) is 1.77. The molecule has 0 aromatic rings. The molecule has 0 aromatic heterocycles. The molecule has 37 heavy (non-hydrogen) atoms. The van der Waals surface area contributed by atoms with E-state index in [0.29, 0.717) is 12.8 Å². The molecule has 2 aliphatic heterocycles. The Morgan fingerprint density at radius 3 is 2.54 bits per heavy atom. The van der Waals surface area contributed by atoms with Gasteiger partial charge in [0.25, 0.3) is 5.91 Å². The summed E-state index contributed by atoms with van der Waals surface area (Å²) in [5, 5.41) is 21.9. The summed E-state index contributed by atoms with van der Waals surface area (Å²) in [5.41, 5.74) is 3.03. The molecule has 1 amide bonds. The van der Waals surface area contributed by atoms with E-state index in [0.717, 1.165) is 11.6 Å². The normalized spacial score (nSPS) is 34.1. The van der Waals surface area contributed by atoms with Gasteiger partial charge in [-0.3, -0.25) is 14.4 Å². The highest BCUT2D eigenvalue weighted by molar-refractivity contribution is 6.23. The van der Waals surface area contributed by atoms with Gasteiger partial charge in [-0.25, -0.2) is 10.7 Å². The first-order valence-electron chi connectivity index (χ1n) is 12.0. The summed E-state index contributed by atoms with van der Waals surface area (Å²) in [5.74, 6) is -2.02. The van der Waals surface area contributed by atoms with Crippen LogP contribution in [-0.2, 0) is 33.6 Å². The number of Topliss-reactive ketones (excluding diaryl/α,β-unsaturated/α-hetero) is 1. The number of ketones is 2. The van der Waals surface area contributed by atoms with Crippen LogP contribution in [0.25, 0.3) is 0 Å². The fourth-order valence-corrected chi connectivity index (χ4v) is 4.83. The number of nitrogens with one attached hydrogen (secondary N) is 2. The molecule has 11 nitrogen and oxygen atoms in total. The molecule has 0 aromatic carbocycles. The van der Waals surface area contributed by atoms with E-state index in [1.54, 1.807) is 7.11 Å². The molecule has 1 fully saturated rings. The van der Waals surface area contributed by atoms with E-state index in [4.69, 9.17) is 19.5 Å². The van der Waals surface area contributed by atoms with E-state index >= 15 is 0 Å². The van der Waals surface area contributed by atoms with Crippen LogP contribution in [0.2, 0.25) is 0 Å². The number of methoxy groups -OCH3 is 2. The first kappa shape index (κ1) is 28.5. The van der Waals surface area contributed by atoms with Gasteiger partial charge in [0.15, 0.2) is 5.76 Å². The van der Waals surface area contributed by atoms with E-state index < -0.39 is 29.7 Å². The van der Waals surface area contributed by atoms with Crippen LogP contribution >= 0.6 is 0 Å². The van der Waals surface area contributed by atoms with E-state index in [9.17, 15) is 19.5 Å². The smallest absolute Gasteiger partial charge is 0.253 e. The van der Waals surface area contributed by atoms with Crippen LogP contribution in [0.5, 0.6) is 0 Å². The van der Waals surface area contributed by atoms with E-state index in [-0.39, 0.29) is 52.8 Å². The van der Waals surface area contributed by atoms with Crippen molar-refractivity contribution in [3.05, 3.63) is 58.2 Å². The lowest BCUT2D eigenvalue weighted by Crippen LogP contribution is -2.34. The molecule has 5 atom stereocenters. The van der Waals surface area contributed by atoms with Gasteiger partial charge in [0.1, 0.15) is 0 Å². The average Bonchev–Trinajstić information content (AvgIpc) is 3.26. The topological polar surface area (TPSA) is 153 Å². The number of allylic oxidation sites excluding steroid dienone is 3. The molecule has 0 unspecified atom stereocenters. The van der Waals surface area contributed by atoms with Crippen LogP contribution < -0.4 is 10.8 Å². The number of amides is 1. The number of hydrogen-bond acceptors (Lipinski definition) is 10. The summed E-state index contributed by atoms with van der Waals surface area (Å²) in [4.78, 5) is 43.0. The van der Waals surface area contributed by atoms with E-state index in [2.05, 4.69) is 15.8 Å². The zero-order valence-corrected chi connectivity index (χ0v) is 21.6. The lowest BCUT2D eigenvalue weighted by Gasteiger charge is -2.24. The Bertz CT molecular complexity index is 1090. The van der Waals surface area contributed by atoms with Gasteiger partial charge in [0, 0.05) is 37.5 Å². The Morgan fingerprint density at radius 2 is 1.89 bits per heavy atom. The SMILES string of the molecule is COC1=C2C[C@@H]3C[C@H](OC)[C@H](O3)[C@@H](C)/C=C(\C)C[C@@H](O)/C=C\C(NOO)=C(/C)C(=O)NC(=CC1=O)C2=O. The molecule has 1 saturated heterocycles. The van der Waals surface area contributed by atoms with E-state index in [1.165, 1.54) is 26.2 Å². The highest BCUT2D eigenvalue weighted by Gasteiger charge is 2.41. The highest BCUT2D eigenvalue weighted by atomic mass is 17.2. The summed E-state index contributed by atoms with van der Waals surface area (Å²) in [7, 11) is 2.90. The molecule has 1 aliphatic carbocycles. The summed E-state index contributed by atoms with van der Waals surface area (Å²) in [6, 6.07) is 0. The summed E-state index contributed by atoms with van der Waals surface area (Å²) < 4.78 is 17.2. The number of aliphatic hydroxyl groups is 1. The number of hydrogen-bond donors (Lipinski definition) is 4. The molecule has 0 radical (unpaired) electrons. The maximum absolute atomic E-state index is 13.4. The molecule has 0 spiro atoms. The van der Waals surface area contributed by atoms with Crippen LogP contribution in [0.1, 0.15) is 40.0 Å². The highest BCUT2D eigenvalue weighted by Crippen LogP contribution is 2.34. The van der Waals surface area contributed by atoms with Crippen molar-refractivity contribution < 1.29 is 43.9 Å². The Kier molecular flexibility index (Phi) is 9.57. The Morgan fingerprint density at radius 1 is 1.16 bits per heavy atom. The van der Waals surface area contributed by atoms with Crippen molar-refractivity contribution >= 4 is 17.5 Å². The summed E-state index contributed by atoms with van der Waals surface area (Å²) >= 11 is 0. The largest absolute Gasteiger partial charge is 0.492 e. The third-order valence-electron chi connectivity index (χ3n) is 6.67. The Hall–Kier alpha value is -3.09. The average molecular weight is 519 g/mol. The molecule has 3 aliphatic rings. The maximum Gasteiger partial charge on any atom is 0.253 e. The van der Waals surface area contributed by atoms with Gasteiger partial charge in [-0.1, -0.05) is 24.6 Å². The number of rotatable bonds is 4. The standard InChI is InChI=1S/C26H34N2O9/c1-13-8-14(2)24-22(34-4)11-17(36-24)10-18-23(31)20(12-21(30)25(18)35-5)27-26(32)15(3)19(28-37-33)7-6-16(29)9-13/h6-8,12,14,16-17,22,24,28-29,33H,9-11H2,1-5H3,(H,27,32)/b7-6-,13-8+,19-15-/t14-,16-,17+,22-,24+/m0/s1. The van der Waals surface area contributed by atoms with Gasteiger partial charge >= 0.3 is 0 Å². The zero-order valence-electron chi connectivity index (χ0n) is 21.6. The van der Waals surface area contributed by atoms with Crippen LogP contribution in [0.4, 0.5) is 0 Å². The Balaban J connectivity index is 2.06. The first-order valence-corrected chi connectivity index (χ1v) is 12.0. The summed E-state index contributed by atoms with van der Waals surface area (Å²) in [6.07, 6.45) is 4.84.